The van der Waals surface area contributed by atoms with Gasteiger partial charge in [-0.3, -0.25) is 9.69 Å². The summed E-state index contributed by atoms with van der Waals surface area (Å²) in [6.45, 7) is 7.09. The van der Waals surface area contributed by atoms with Gasteiger partial charge < -0.3 is 9.73 Å². The molecule has 0 bridgehead atoms. The van der Waals surface area contributed by atoms with E-state index in [2.05, 4.69) is 41.4 Å². The maximum absolute atomic E-state index is 12.8. The molecule has 1 fully saturated rings. The number of fused-ring (bicyclic) bond motifs is 1. The highest BCUT2D eigenvalue weighted by molar-refractivity contribution is 7.89. The van der Waals surface area contributed by atoms with Crippen molar-refractivity contribution in [2.45, 2.75) is 57.0 Å². The molecule has 4 rings (SSSR count). The fraction of sp³-hybridized carbons (Fsp3) is 0.522. The van der Waals surface area contributed by atoms with Crippen LogP contribution in [0.5, 0.6) is 0 Å². The Morgan fingerprint density at radius 3 is 2.58 bits per heavy atom. The maximum Gasteiger partial charge on any atom is 0.287 e. The monoisotopic (exact) mass is 445 g/mol. The molecule has 2 aliphatic heterocycles. The van der Waals surface area contributed by atoms with Crippen molar-refractivity contribution in [3.63, 3.8) is 0 Å². The Morgan fingerprint density at radius 1 is 1.16 bits per heavy atom. The molecule has 0 saturated carbocycles. The average Bonchev–Trinajstić information content (AvgIpc) is 3.45. The van der Waals surface area contributed by atoms with Gasteiger partial charge in [-0.25, -0.2) is 8.42 Å². The SMILES string of the molecule is CCC(CNC(=O)c1cc(S(=O)(=O)N2CCCC2)c(C)o1)N1CCc2ccccc2C1. The maximum atomic E-state index is 12.8. The minimum absolute atomic E-state index is 0.0501. The van der Waals surface area contributed by atoms with Crippen molar-refractivity contribution >= 4 is 15.9 Å². The van der Waals surface area contributed by atoms with Gasteiger partial charge in [0.1, 0.15) is 10.7 Å². The fourth-order valence-corrected chi connectivity index (χ4v) is 6.24. The van der Waals surface area contributed by atoms with Gasteiger partial charge in [0.15, 0.2) is 5.76 Å². The summed E-state index contributed by atoms with van der Waals surface area (Å²) in [6.07, 6.45) is 3.65. The third-order valence-electron chi connectivity index (χ3n) is 6.42. The molecule has 1 N–H and O–H groups in total. The fourth-order valence-electron chi connectivity index (χ4n) is 4.56. The summed E-state index contributed by atoms with van der Waals surface area (Å²) >= 11 is 0. The number of nitrogens with one attached hydrogen (secondary N) is 1. The lowest BCUT2D eigenvalue weighted by Crippen LogP contribution is -2.45. The molecule has 2 aliphatic rings. The normalized spacial score (nSPS) is 18.6. The second-order valence-corrected chi connectivity index (χ2v) is 10.3. The highest BCUT2D eigenvalue weighted by atomic mass is 32.2. The quantitative estimate of drug-likeness (QED) is 0.709. The van der Waals surface area contributed by atoms with Crippen molar-refractivity contribution in [3.05, 3.63) is 53.0 Å². The second-order valence-electron chi connectivity index (χ2n) is 8.40. The van der Waals surface area contributed by atoms with E-state index in [1.54, 1.807) is 6.92 Å². The molecular formula is C23H31N3O4S. The molecule has 1 unspecified atom stereocenters. The number of rotatable bonds is 7. The van der Waals surface area contributed by atoms with Gasteiger partial charge in [-0.15, -0.1) is 0 Å². The molecular weight excluding hydrogens is 414 g/mol. The minimum atomic E-state index is -3.61. The van der Waals surface area contributed by atoms with Crippen molar-refractivity contribution in [2.75, 3.05) is 26.2 Å². The van der Waals surface area contributed by atoms with E-state index in [0.717, 1.165) is 38.8 Å². The van der Waals surface area contributed by atoms with Gasteiger partial charge in [0.05, 0.1) is 0 Å². The number of hydrogen-bond donors (Lipinski definition) is 1. The van der Waals surface area contributed by atoms with Crippen LogP contribution in [0.25, 0.3) is 0 Å². The number of aryl methyl sites for hydroxylation is 1. The Balaban J connectivity index is 1.40. The van der Waals surface area contributed by atoms with E-state index in [-0.39, 0.29) is 28.4 Å². The summed E-state index contributed by atoms with van der Waals surface area (Å²) in [6, 6.07) is 10.1. The summed E-state index contributed by atoms with van der Waals surface area (Å²) in [4.78, 5) is 15.2. The summed E-state index contributed by atoms with van der Waals surface area (Å²) in [5, 5.41) is 2.95. The topological polar surface area (TPSA) is 82.9 Å². The second kappa shape index (κ2) is 9.14. The van der Waals surface area contributed by atoms with Gasteiger partial charge in [-0.2, -0.15) is 4.31 Å². The van der Waals surface area contributed by atoms with Crippen LogP contribution in [0.4, 0.5) is 0 Å². The number of nitrogens with zero attached hydrogens (tertiary/aromatic N) is 2. The van der Waals surface area contributed by atoms with Crippen molar-refractivity contribution in [1.29, 1.82) is 0 Å². The lowest BCUT2D eigenvalue weighted by Gasteiger charge is -2.35. The van der Waals surface area contributed by atoms with Crippen LogP contribution in [0, 0.1) is 6.92 Å². The first-order valence-electron chi connectivity index (χ1n) is 11.1. The van der Waals surface area contributed by atoms with Gasteiger partial charge in [0.2, 0.25) is 10.0 Å². The van der Waals surface area contributed by atoms with Crippen LogP contribution in [0.1, 0.15) is 53.6 Å². The third-order valence-corrected chi connectivity index (χ3v) is 8.43. The van der Waals surface area contributed by atoms with Gasteiger partial charge in [-0.1, -0.05) is 31.2 Å². The summed E-state index contributed by atoms with van der Waals surface area (Å²) in [5.41, 5.74) is 2.74. The molecule has 1 amide bonds. The van der Waals surface area contributed by atoms with Crippen molar-refractivity contribution < 1.29 is 17.6 Å². The predicted octanol–water partition coefficient (Wildman–Crippen LogP) is 2.94. The molecule has 168 valence electrons. The summed E-state index contributed by atoms with van der Waals surface area (Å²) < 4.78 is 32.7. The Labute approximate surface area is 184 Å². The first kappa shape index (κ1) is 22.0. The van der Waals surface area contributed by atoms with E-state index in [9.17, 15) is 13.2 Å². The largest absolute Gasteiger partial charge is 0.455 e. The zero-order chi connectivity index (χ0) is 22.0. The van der Waals surface area contributed by atoms with Gasteiger partial charge in [0, 0.05) is 44.8 Å². The predicted molar refractivity (Wildman–Crippen MR) is 118 cm³/mol. The molecule has 1 saturated heterocycles. The summed E-state index contributed by atoms with van der Waals surface area (Å²) in [7, 11) is -3.61. The molecule has 1 aromatic carbocycles. The van der Waals surface area contributed by atoms with Crippen molar-refractivity contribution in [3.8, 4) is 0 Å². The van der Waals surface area contributed by atoms with E-state index >= 15 is 0 Å². The van der Waals surface area contributed by atoms with Gasteiger partial charge in [0.25, 0.3) is 5.91 Å². The van der Waals surface area contributed by atoms with Crippen LogP contribution >= 0.6 is 0 Å². The first-order chi connectivity index (χ1) is 14.9. The Morgan fingerprint density at radius 2 is 1.87 bits per heavy atom. The summed E-state index contributed by atoms with van der Waals surface area (Å²) in [5.74, 6) is -0.0623. The van der Waals surface area contributed by atoms with Crippen LogP contribution < -0.4 is 5.32 Å². The number of carbonyl (C=O) groups excluding carboxylic acids is 1. The standard InChI is InChI=1S/C23H31N3O4S/c1-3-20(25-13-10-18-8-4-5-9-19(18)16-25)15-24-23(27)21-14-22(17(2)30-21)31(28,29)26-11-6-7-12-26/h4-5,8-9,14,20H,3,6-7,10-13,15-16H2,1-2H3,(H,24,27). The molecule has 8 heteroatoms. The van der Waals surface area contributed by atoms with Crippen LogP contribution in [0.3, 0.4) is 0 Å². The molecule has 0 spiro atoms. The highest BCUT2D eigenvalue weighted by Gasteiger charge is 2.32. The van der Waals surface area contributed by atoms with E-state index in [1.165, 1.54) is 21.5 Å². The molecule has 0 aliphatic carbocycles. The lowest BCUT2D eigenvalue weighted by atomic mass is 9.98. The number of amides is 1. The van der Waals surface area contributed by atoms with Gasteiger partial charge in [-0.05, 0) is 43.7 Å². The molecule has 1 aromatic heterocycles. The minimum Gasteiger partial charge on any atom is -0.455 e. The molecule has 2 aromatic rings. The molecule has 31 heavy (non-hydrogen) atoms. The lowest BCUT2D eigenvalue weighted by molar-refractivity contribution is 0.0897. The highest BCUT2D eigenvalue weighted by Crippen LogP contribution is 2.26. The molecule has 7 nitrogen and oxygen atoms in total. The number of sulfonamides is 1. The van der Waals surface area contributed by atoms with E-state index in [1.807, 2.05) is 0 Å². The third kappa shape index (κ3) is 4.56. The Bertz CT molecular complexity index is 1040. The molecule has 3 heterocycles. The van der Waals surface area contributed by atoms with Crippen LogP contribution in [0.15, 0.2) is 39.6 Å². The van der Waals surface area contributed by atoms with Crippen LogP contribution in [-0.2, 0) is 23.0 Å². The van der Waals surface area contributed by atoms with E-state index < -0.39 is 10.0 Å². The first-order valence-corrected chi connectivity index (χ1v) is 12.5. The van der Waals surface area contributed by atoms with E-state index in [4.69, 9.17) is 4.42 Å². The van der Waals surface area contributed by atoms with Crippen LogP contribution in [-0.4, -0.2) is 55.8 Å². The van der Waals surface area contributed by atoms with Gasteiger partial charge >= 0.3 is 0 Å². The number of hydrogen-bond acceptors (Lipinski definition) is 5. The number of benzene rings is 1. The smallest absolute Gasteiger partial charge is 0.287 e. The molecule has 0 radical (unpaired) electrons. The number of furan rings is 1. The van der Waals surface area contributed by atoms with Crippen molar-refractivity contribution in [1.82, 2.24) is 14.5 Å². The average molecular weight is 446 g/mol. The van der Waals surface area contributed by atoms with E-state index in [0.29, 0.717) is 19.6 Å². The number of carbonyl (C=O) groups is 1. The zero-order valence-corrected chi connectivity index (χ0v) is 19.1. The Hall–Kier alpha value is -2.16. The van der Waals surface area contributed by atoms with Crippen LogP contribution in [0.2, 0.25) is 0 Å². The molecule has 1 atom stereocenters. The zero-order valence-electron chi connectivity index (χ0n) is 18.3. The van der Waals surface area contributed by atoms with Crippen molar-refractivity contribution in [2.24, 2.45) is 0 Å². The Kier molecular flexibility index (Phi) is 6.50.